The third-order valence-electron chi connectivity index (χ3n) is 3.89. The van der Waals surface area contributed by atoms with Crippen LogP contribution in [0.2, 0.25) is 0 Å². The van der Waals surface area contributed by atoms with Crippen molar-refractivity contribution in [3.8, 4) is 0 Å². The van der Waals surface area contributed by atoms with Gasteiger partial charge in [0, 0.05) is 5.56 Å². The number of rotatable bonds is 3. The van der Waals surface area contributed by atoms with Gasteiger partial charge in [0.15, 0.2) is 0 Å². The van der Waals surface area contributed by atoms with Crippen LogP contribution in [-0.4, -0.2) is 24.4 Å². The first-order valence-corrected chi connectivity index (χ1v) is 6.81. The van der Waals surface area contributed by atoms with Gasteiger partial charge < -0.3 is 10.2 Å². The van der Waals surface area contributed by atoms with Gasteiger partial charge in [0.2, 0.25) is 11.8 Å². The normalized spacial score (nSPS) is 20.8. The number of nitrogens with zero attached hydrogens (tertiary/aromatic N) is 1. The SMILES string of the molecule is CCC(C)C1NC(=O)CN(c2cccc(F)c2C)C1=O. The van der Waals surface area contributed by atoms with Crippen LogP contribution in [0.15, 0.2) is 18.2 Å². The maximum absolute atomic E-state index is 13.6. The molecule has 20 heavy (non-hydrogen) atoms. The molecule has 4 nitrogen and oxygen atoms in total. The zero-order valence-corrected chi connectivity index (χ0v) is 11.9. The third kappa shape index (κ3) is 2.53. The van der Waals surface area contributed by atoms with Crippen LogP contribution in [0.3, 0.4) is 0 Å². The molecule has 5 heteroatoms. The van der Waals surface area contributed by atoms with Crippen LogP contribution in [0.4, 0.5) is 10.1 Å². The summed E-state index contributed by atoms with van der Waals surface area (Å²) < 4.78 is 13.6. The van der Waals surface area contributed by atoms with Crippen LogP contribution in [0.1, 0.15) is 25.8 Å². The molecule has 1 aromatic carbocycles. The van der Waals surface area contributed by atoms with Crippen molar-refractivity contribution in [2.45, 2.75) is 33.2 Å². The van der Waals surface area contributed by atoms with Crippen LogP contribution < -0.4 is 10.2 Å². The molecule has 1 aromatic rings. The molecule has 1 aliphatic heterocycles. The second-order valence-electron chi connectivity index (χ2n) is 5.24. The van der Waals surface area contributed by atoms with Gasteiger partial charge in [-0.15, -0.1) is 0 Å². The van der Waals surface area contributed by atoms with Crippen LogP contribution >= 0.6 is 0 Å². The number of benzene rings is 1. The van der Waals surface area contributed by atoms with Gasteiger partial charge in [0.05, 0.1) is 5.69 Å². The van der Waals surface area contributed by atoms with Crippen molar-refractivity contribution in [3.05, 3.63) is 29.6 Å². The highest BCUT2D eigenvalue weighted by molar-refractivity contribution is 6.07. The predicted octanol–water partition coefficient (Wildman–Crippen LogP) is 2.01. The lowest BCUT2D eigenvalue weighted by atomic mass is 9.95. The maximum Gasteiger partial charge on any atom is 0.250 e. The highest BCUT2D eigenvalue weighted by Crippen LogP contribution is 2.25. The fraction of sp³-hybridized carbons (Fsp3) is 0.467. The van der Waals surface area contributed by atoms with Crippen molar-refractivity contribution in [2.24, 2.45) is 5.92 Å². The Kier molecular flexibility index (Phi) is 4.06. The minimum Gasteiger partial charge on any atom is -0.342 e. The number of carbonyl (C=O) groups excluding carboxylic acids is 2. The van der Waals surface area contributed by atoms with Gasteiger partial charge in [-0.3, -0.25) is 9.59 Å². The molecule has 2 atom stereocenters. The molecule has 2 unspecified atom stereocenters. The van der Waals surface area contributed by atoms with Crippen LogP contribution in [-0.2, 0) is 9.59 Å². The van der Waals surface area contributed by atoms with Crippen molar-refractivity contribution in [2.75, 3.05) is 11.4 Å². The van der Waals surface area contributed by atoms with E-state index < -0.39 is 6.04 Å². The Morgan fingerprint density at radius 2 is 2.15 bits per heavy atom. The molecule has 1 aliphatic rings. The summed E-state index contributed by atoms with van der Waals surface area (Å²) >= 11 is 0. The van der Waals surface area contributed by atoms with Gasteiger partial charge >= 0.3 is 0 Å². The lowest BCUT2D eigenvalue weighted by Gasteiger charge is -2.35. The highest BCUT2D eigenvalue weighted by atomic mass is 19.1. The maximum atomic E-state index is 13.6. The minimum atomic E-state index is -0.538. The standard InChI is InChI=1S/C15H19FN2O2/c1-4-9(2)14-15(20)18(8-13(19)17-14)12-7-5-6-11(16)10(12)3/h5-7,9,14H,4,8H2,1-3H3,(H,17,19). The molecule has 1 saturated heterocycles. The largest absolute Gasteiger partial charge is 0.342 e. The summed E-state index contributed by atoms with van der Waals surface area (Å²) in [4.78, 5) is 25.7. The van der Waals surface area contributed by atoms with Gasteiger partial charge in [0.25, 0.3) is 0 Å². The highest BCUT2D eigenvalue weighted by Gasteiger charge is 2.36. The molecular formula is C15H19FN2O2. The van der Waals surface area contributed by atoms with E-state index in [1.54, 1.807) is 19.1 Å². The lowest BCUT2D eigenvalue weighted by molar-refractivity contribution is -0.132. The zero-order valence-electron chi connectivity index (χ0n) is 11.9. The van der Waals surface area contributed by atoms with Gasteiger partial charge in [-0.05, 0) is 25.0 Å². The number of hydrogen-bond donors (Lipinski definition) is 1. The Bertz CT molecular complexity index is 545. The van der Waals surface area contributed by atoms with E-state index in [1.807, 2.05) is 13.8 Å². The van der Waals surface area contributed by atoms with Gasteiger partial charge in [-0.1, -0.05) is 26.3 Å². The number of piperazine rings is 1. The number of anilines is 1. The number of carbonyl (C=O) groups is 2. The first kappa shape index (κ1) is 14.5. The van der Waals surface area contributed by atoms with Gasteiger partial charge in [-0.25, -0.2) is 4.39 Å². The van der Waals surface area contributed by atoms with E-state index in [0.717, 1.165) is 6.42 Å². The summed E-state index contributed by atoms with van der Waals surface area (Å²) in [6.07, 6.45) is 0.784. The Hall–Kier alpha value is -1.91. The van der Waals surface area contributed by atoms with Gasteiger partial charge in [-0.2, -0.15) is 0 Å². The summed E-state index contributed by atoms with van der Waals surface area (Å²) in [5.74, 6) is -0.712. The van der Waals surface area contributed by atoms with Crippen LogP contribution in [0, 0.1) is 18.7 Å². The summed E-state index contributed by atoms with van der Waals surface area (Å²) in [5.41, 5.74) is 0.858. The Morgan fingerprint density at radius 1 is 1.45 bits per heavy atom. The number of hydrogen-bond acceptors (Lipinski definition) is 2. The lowest BCUT2D eigenvalue weighted by Crippen LogP contribution is -2.60. The molecule has 0 spiro atoms. The van der Waals surface area contributed by atoms with Crippen molar-refractivity contribution >= 4 is 17.5 Å². The Balaban J connectivity index is 2.37. The molecule has 2 rings (SSSR count). The van der Waals surface area contributed by atoms with E-state index in [1.165, 1.54) is 11.0 Å². The van der Waals surface area contributed by atoms with E-state index in [2.05, 4.69) is 5.32 Å². The number of nitrogens with one attached hydrogen (secondary N) is 1. The van der Waals surface area contributed by atoms with Crippen molar-refractivity contribution < 1.29 is 14.0 Å². The third-order valence-corrected chi connectivity index (χ3v) is 3.89. The first-order chi connectivity index (χ1) is 9.45. The predicted molar refractivity (Wildman–Crippen MR) is 74.9 cm³/mol. The molecule has 0 bridgehead atoms. The Morgan fingerprint density at radius 3 is 2.80 bits per heavy atom. The second kappa shape index (κ2) is 5.61. The van der Waals surface area contributed by atoms with E-state index in [9.17, 15) is 14.0 Å². The first-order valence-electron chi connectivity index (χ1n) is 6.81. The van der Waals surface area contributed by atoms with Gasteiger partial charge in [0.1, 0.15) is 18.4 Å². The Labute approximate surface area is 118 Å². The zero-order chi connectivity index (χ0) is 14.9. The molecule has 0 aliphatic carbocycles. The smallest absolute Gasteiger partial charge is 0.250 e. The second-order valence-corrected chi connectivity index (χ2v) is 5.24. The van der Waals surface area contributed by atoms with E-state index >= 15 is 0 Å². The average molecular weight is 278 g/mol. The quantitative estimate of drug-likeness (QED) is 0.919. The molecule has 0 saturated carbocycles. The fourth-order valence-corrected chi connectivity index (χ4v) is 2.38. The average Bonchev–Trinajstić information content (AvgIpc) is 2.43. The molecule has 108 valence electrons. The summed E-state index contributed by atoms with van der Waals surface area (Å²) in [6, 6.07) is 4.03. The summed E-state index contributed by atoms with van der Waals surface area (Å²) in [5, 5.41) is 2.73. The minimum absolute atomic E-state index is 0.0446. The summed E-state index contributed by atoms with van der Waals surface area (Å²) in [7, 11) is 0. The van der Waals surface area contributed by atoms with Crippen LogP contribution in [0.5, 0.6) is 0 Å². The van der Waals surface area contributed by atoms with E-state index in [4.69, 9.17) is 0 Å². The van der Waals surface area contributed by atoms with E-state index in [0.29, 0.717) is 11.3 Å². The molecule has 1 fully saturated rings. The monoisotopic (exact) mass is 278 g/mol. The number of halogens is 1. The van der Waals surface area contributed by atoms with Crippen molar-refractivity contribution in [1.82, 2.24) is 5.32 Å². The molecule has 0 radical (unpaired) electrons. The van der Waals surface area contributed by atoms with Crippen molar-refractivity contribution in [3.63, 3.8) is 0 Å². The van der Waals surface area contributed by atoms with Crippen LogP contribution in [0.25, 0.3) is 0 Å². The molecule has 1 N–H and O–H groups in total. The molecule has 0 aromatic heterocycles. The summed E-state index contributed by atoms with van der Waals surface area (Å²) in [6.45, 7) is 5.44. The number of amides is 2. The molecule has 2 amide bonds. The van der Waals surface area contributed by atoms with E-state index in [-0.39, 0.29) is 30.1 Å². The molecule has 1 heterocycles. The topological polar surface area (TPSA) is 49.4 Å². The fourth-order valence-electron chi connectivity index (χ4n) is 2.38. The van der Waals surface area contributed by atoms with Crippen molar-refractivity contribution in [1.29, 1.82) is 0 Å². The molecular weight excluding hydrogens is 259 g/mol.